The Morgan fingerprint density at radius 1 is 0.513 bits per heavy atom. The van der Waals surface area contributed by atoms with Crippen molar-refractivity contribution < 1.29 is 57.4 Å². The van der Waals surface area contributed by atoms with Crippen LogP contribution in [0, 0.1) is 0 Å². The lowest BCUT2D eigenvalue weighted by Gasteiger charge is -2.09. The van der Waals surface area contributed by atoms with Gasteiger partial charge in [0.2, 0.25) is 0 Å². The van der Waals surface area contributed by atoms with E-state index < -0.39 is 5.97 Å². The molecule has 0 fully saturated rings. The Morgan fingerprint density at radius 3 is 1.33 bits per heavy atom. The number of benzene rings is 1. The second kappa shape index (κ2) is 25.7. The van der Waals surface area contributed by atoms with Gasteiger partial charge in [0.15, 0.2) is 0 Å². The third kappa shape index (κ3) is 23.0. The number of carbonyl (C=O) groups is 3. The highest BCUT2D eigenvalue weighted by atomic mass is 16.6. The second-order valence-electron chi connectivity index (χ2n) is 8.00. The van der Waals surface area contributed by atoms with Crippen LogP contribution >= 0.6 is 0 Å². The van der Waals surface area contributed by atoms with Gasteiger partial charge in [0.05, 0.1) is 84.8 Å². The smallest absolute Gasteiger partial charge is 0.338 e. The first-order valence-electron chi connectivity index (χ1n) is 13.2. The van der Waals surface area contributed by atoms with E-state index in [0.29, 0.717) is 91.1 Å². The maximum atomic E-state index is 11.7. The molecule has 0 spiro atoms. The van der Waals surface area contributed by atoms with Crippen LogP contribution in [0.1, 0.15) is 36.0 Å². The van der Waals surface area contributed by atoms with E-state index in [1.54, 1.807) is 24.3 Å². The van der Waals surface area contributed by atoms with Gasteiger partial charge in [-0.05, 0) is 25.0 Å². The third-order valence-corrected chi connectivity index (χ3v) is 4.84. The molecule has 222 valence electrons. The fourth-order valence-corrected chi connectivity index (χ4v) is 2.88. The van der Waals surface area contributed by atoms with E-state index in [4.69, 9.17) is 43.0 Å². The molecule has 0 heterocycles. The van der Waals surface area contributed by atoms with Crippen molar-refractivity contribution in [2.24, 2.45) is 0 Å². The first-order chi connectivity index (χ1) is 19.1. The molecule has 0 bridgehead atoms. The summed E-state index contributed by atoms with van der Waals surface area (Å²) in [4.78, 5) is 33.6. The van der Waals surface area contributed by atoms with Gasteiger partial charge in [0, 0.05) is 12.8 Å². The lowest BCUT2D eigenvalue weighted by Crippen LogP contribution is -2.15. The number of esters is 2. The quantitative estimate of drug-likeness (QED) is 0.125. The number of carboxylic acid groups (broad SMARTS) is 1. The molecule has 0 saturated carbocycles. The molecule has 0 atom stereocenters. The molecule has 0 saturated heterocycles. The van der Waals surface area contributed by atoms with Gasteiger partial charge in [-0.15, -0.1) is 0 Å². The van der Waals surface area contributed by atoms with E-state index in [0.717, 1.165) is 0 Å². The van der Waals surface area contributed by atoms with Crippen molar-refractivity contribution in [3.05, 3.63) is 35.9 Å². The highest BCUT2D eigenvalue weighted by Gasteiger charge is 2.05. The van der Waals surface area contributed by atoms with Gasteiger partial charge < -0.3 is 43.0 Å². The lowest BCUT2D eigenvalue weighted by atomic mass is 10.2. The first kappa shape index (κ1) is 34.4. The Bertz CT molecular complexity index is 744. The molecular formula is C27H42O12. The van der Waals surface area contributed by atoms with Gasteiger partial charge >= 0.3 is 17.9 Å². The SMILES string of the molecule is O=C(O)CCCCC(=O)OCCOCCOCCOCCOCCOCCOCCOC(=O)c1ccccc1. The van der Waals surface area contributed by atoms with Crippen molar-refractivity contribution in [3.63, 3.8) is 0 Å². The number of ether oxygens (including phenoxy) is 8. The minimum Gasteiger partial charge on any atom is -0.481 e. The lowest BCUT2D eigenvalue weighted by molar-refractivity contribution is -0.146. The van der Waals surface area contributed by atoms with Crippen molar-refractivity contribution in [1.82, 2.24) is 0 Å². The average Bonchev–Trinajstić information content (AvgIpc) is 2.94. The van der Waals surface area contributed by atoms with Crippen molar-refractivity contribution in [1.29, 1.82) is 0 Å². The summed E-state index contributed by atoms with van der Waals surface area (Å²) in [6.45, 7) is 5.23. The van der Waals surface area contributed by atoms with Crippen LogP contribution in [0.4, 0.5) is 0 Å². The molecule has 1 rings (SSSR count). The first-order valence-corrected chi connectivity index (χ1v) is 13.2. The van der Waals surface area contributed by atoms with Crippen LogP contribution in [-0.4, -0.2) is 116 Å². The highest BCUT2D eigenvalue weighted by molar-refractivity contribution is 5.89. The molecule has 39 heavy (non-hydrogen) atoms. The topological polar surface area (TPSA) is 145 Å². The van der Waals surface area contributed by atoms with Crippen LogP contribution in [0.25, 0.3) is 0 Å². The standard InChI is InChI=1S/C27H42O12/c28-25(29)8-4-5-9-26(30)38-22-20-36-18-16-34-14-12-32-10-11-33-13-15-35-17-19-37-21-23-39-27(31)24-6-2-1-3-7-24/h1-3,6-7H,4-5,8-23H2,(H,28,29). The van der Waals surface area contributed by atoms with Crippen molar-refractivity contribution in [3.8, 4) is 0 Å². The summed E-state index contributed by atoms with van der Waals surface area (Å²) >= 11 is 0. The molecule has 0 radical (unpaired) electrons. The summed E-state index contributed by atoms with van der Waals surface area (Å²) < 4.78 is 42.4. The van der Waals surface area contributed by atoms with Gasteiger partial charge in [0.1, 0.15) is 13.2 Å². The third-order valence-electron chi connectivity index (χ3n) is 4.84. The Labute approximate surface area is 229 Å². The van der Waals surface area contributed by atoms with Crippen molar-refractivity contribution >= 4 is 17.9 Å². The average molecular weight is 559 g/mol. The van der Waals surface area contributed by atoms with Crippen LogP contribution in [0.2, 0.25) is 0 Å². The van der Waals surface area contributed by atoms with E-state index in [9.17, 15) is 14.4 Å². The van der Waals surface area contributed by atoms with Crippen LogP contribution in [0.5, 0.6) is 0 Å². The molecule has 0 aliphatic rings. The molecule has 0 unspecified atom stereocenters. The molecule has 1 aromatic rings. The van der Waals surface area contributed by atoms with Gasteiger partial charge in [-0.1, -0.05) is 18.2 Å². The Hall–Kier alpha value is -2.61. The van der Waals surface area contributed by atoms with Crippen molar-refractivity contribution in [2.75, 3.05) is 92.5 Å². The Morgan fingerprint density at radius 2 is 0.897 bits per heavy atom. The maximum Gasteiger partial charge on any atom is 0.338 e. The number of hydrogen-bond acceptors (Lipinski definition) is 11. The molecule has 12 heteroatoms. The summed E-state index contributed by atoms with van der Waals surface area (Å²) in [6.07, 6.45) is 1.23. The summed E-state index contributed by atoms with van der Waals surface area (Å²) in [7, 11) is 0. The van der Waals surface area contributed by atoms with Crippen LogP contribution < -0.4 is 0 Å². The predicted molar refractivity (Wildman–Crippen MR) is 139 cm³/mol. The highest BCUT2D eigenvalue weighted by Crippen LogP contribution is 2.02. The van der Waals surface area contributed by atoms with Crippen LogP contribution in [0.3, 0.4) is 0 Å². The molecule has 0 aliphatic heterocycles. The molecule has 0 aliphatic carbocycles. The van der Waals surface area contributed by atoms with E-state index in [1.165, 1.54) is 0 Å². The second-order valence-corrected chi connectivity index (χ2v) is 8.00. The normalized spacial score (nSPS) is 10.9. The van der Waals surface area contributed by atoms with Gasteiger partial charge in [-0.2, -0.15) is 0 Å². The van der Waals surface area contributed by atoms with E-state index in [-0.39, 0.29) is 44.6 Å². The maximum absolute atomic E-state index is 11.7. The van der Waals surface area contributed by atoms with E-state index >= 15 is 0 Å². The summed E-state index contributed by atoms with van der Waals surface area (Å²) in [5.74, 6) is -1.58. The fourth-order valence-electron chi connectivity index (χ4n) is 2.88. The van der Waals surface area contributed by atoms with E-state index in [2.05, 4.69) is 0 Å². The van der Waals surface area contributed by atoms with Crippen LogP contribution in [-0.2, 0) is 47.5 Å². The largest absolute Gasteiger partial charge is 0.481 e. The molecule has 1 N–H and O–H groups in total. The zero-order chi connectivity index (χ0) is 28.2. The molecule has 12 nitrogen and oxygen atoms in total. The van der Waals surface area contributed by atoms with Crippen LogP contribution in [0.15, 0.2) is 30.3 Å². The Balaban J connectivity index is 1.70. The van der Waals surface area contributed by atoms with Gasteiger partial charge in [-0.3, -0.25) is 9.59 Å². The molecule has 1 aromatic carbocycles. The minimum atomic E-state index is -0.865. The predicted octanol–water partition coefficient (Wildman–Crippen LogP) is 2.13. The Kier molecular flexibility index (Phi) is 22.6. The molecule has 0 amide bonds. The summed E-state index contributed by atoms with van der Waals surface area (Å²) in [5, 5.41) is 8.53. The van der Waals surface area contributed by atoms with E-state index in [1.807, 2.05) is 6.07 Å². The molecule has 0 aromatic heterocycles. The van der Waals surface area contributed by atoms with Gasteiger partial charge in [0.25, 0.3) is 0 Å². The molecular weight excluding hydrogens is 516 g/mol. The van der Waals surface area contributed by atoms with Crippen molar-refractivity contribution in [2.45, 2.75) is 25.7 Å². The fraction of sp³-hybridized carbons (Fsp3) is 0.667. The number of unbranched alkanes of at least 4 members (excludes halogenated alkanes) is 1. The summed E-state index contributed by atoms with van der Waals surface area (Å²) in [6, 6.07) is 8.80. The number of aliphatic carboxylic acids is 1. The number of hydrogen-bond donors (Lipinski definition) is 1. The number of rotatable bonds is 27. The monoisotopic (exact) mass is 558 g/mol. The number of carboxylic acids is 1. The minimum absolute atomic E-state index is 0.0582. The zero-order valence-corrected chi connectivity index (χ0v) is 22.6. The summed E-state index contributed by atoms with van der Waals surface area (Å²) in [5.41, 5.74) is 0.515. The van der Waals surface area contributed by atoms with Gasteiger partial charge in [-0.25, -0.2) is 4.79 Å². The zero-order valence-electron chi connectivity index (χ0n) is 22.6. The number of carbonyl (C=O) groups excluding carboxylic acids is 2.